The summed E-state index contributed by atoms with van der Waals surface area (Å²) < 4.78 is 10.9. The number of ether oxygens (including phenoxy) is 2. The molecule has 1 heterocycles. The van der Waals surface area contributed by atoms with E-state index in [4.69, 9.17) is 15.2 Å². The molecule has 15 heteroatoms. The van der Waals surface area contributed by atoms with Crippen LogP contribution in [0, 0.1) is 0 Å². The monoisotopic (exact) mass is 771 g/mol. The van der Waals surface area contributed by atoms with E-state index in [0.29, 0.717) is 31.6 Å². The Hall–Kier alpha value is -5.96. The third-order valence-corrected chi connectivity index (χ3v) is 9.21. The van der Waals surface area contributed by atoms with E-state index in [2.05, 4.69) is 35.1 Å². The molecule has 0 radical (unpaired) electrons. The molecule has 56 heavy (non-hydrogen) atoms. The van der Waals surface area contributed by atoms with Gasteiger partial charge in [-0.2, -0.15) is 0 Å². The molecule has 6 amide bonds. The average molecular weight is 772 g/mol. The summed E-state index contributed by atoms with van der Waals surface area (Å²) in [7, 11) is 3.44. The van der Waals surface area contributed by atoms with Crippen molar-refractivity contribution in [1.82, 2.24) is 25.8 Å². The number of carbonyl (C=O) groups excluding carboxylic acids is 6. The smallest absolute Gasteiger partial charge is 0.409 e. The molecular weight excluding hydrogens is 718 g/mol. The van der Waals surface area contributed by atoms with Crippen LogP contribution >= 0.6 is 0 Å². The highest BCUT2D eigenvalue weighted by molar-refractivity contribution is 5.97. The second-order valence-electron chi connectivity index (χ2n) is 13.6. The van der Waals surface area contributed by atoms with Crippen molar-refractivity contribution in [2.45, 2.75) is 64.1 Å². The van der Waals surface area contributed by atoms with Crippen molar-refractivity contribution in [2.75, 3.05) is 52.2 Å². The third-order valence-electron chi connectivity index (χ3n) is 9.21. The first kappa shape index (κ1) is 42.8. The number of rotatable bonds is 15. The first-order chi connectivity index (χ1) is 27.0. The van der Waals surface area contributed by atoms with Gasteiger partial charge < -0.3 is 46.3 Å². The number of alkyl carbamates (subject to hydrolysis) is 1. The molecule has 2 aliphatic rings. The normalized spacial score (nSPS) is 14.6. The molecule has 1 aliphatic carbocycles. The molecule has 0 saturated carbocycles. The molecule has 5 rings (SSSR count). The van der Waals surface area contributed by atoms with Crippen LogP contribution in [-0.4, -0.2) is 105 Å². The van der Waals surface area contributed by atoms with Crippen molar-refractivity contribution < 1.29 is 38.2 Å². The summed E-state index contributed by atoms with van der Waals surface area (Å²) >= 11 is 0. The molecular formula is C41H53N7O8. The Morgan fingerprint density at radius 2 is 1.54 bits per heavy atom. The number of nitrogens with one attached hydrogen (secondary N) is 4. The third kappa shape index (κ3) is 11.8. The van der Waals surface area contributed by atoms with E-state index >= 15 is 0 Å². The lowest BCUT2D eigenvalue weighted by Gasteiger charge is -2.28. The Labute approximate surface area is 327 Å². The van der Waals surface area contributed by atoms with Crippen molar-refractivity contribution in [2.24, 2.45) is 5.73 Å². The molecule has 300 valence electrons. The van der Waals surface area contributed by atoms with Gasteiger partial charge >= 0.3 is 12.2 Å². The average Bonchev–Trinajstić information content (AvgIpc) is 3.81. The molecule has 2 atom stereocenters. The van der Waals surface area contributed by atoms with Gasteiger partial charge in [-0.1, -0.05) is 80.9 Å². The molecule has 1 saturated heterocycles. The van der Waals surface area contributed by atoms with E-state index < -0.39 is 54.3 Å². The van der Waals surface area contributed by atoms with Gasteiger partial charge in [0.05, 0.1) is 13.0 Å². The number of likely N-dealkylation sites (N-methyl/N-ethyl adjacent to an activating group) is 2. The van der Waals surface area contributed by atoms with Gasteiger partial charge in [-0.05, 0) is 59.8 Å². The summed E-state index contributed by atoms with van der Waals surface area (Å²) in [6.45, 7) is 5.30. The van der Waals surface area contributed by atoms with Gasteiger partial charge in [-0.15, -0.1) is 0 Å². The fourth-order valence-electron chi connectivity index (χ4n) is 6.49. The van der Waals surface area contributed by atoms with Crippen LogP contribution in [0.4, 0.5) is 15.3 Å². The predicted molar refractivity (Wildman–Crippen MR) is 211 cm³/mol. The number of hydrogen-bond acceptors (Lipinski definition) is 9. The number of nitrogens with two attached hydrogens (primary N) is 1. The minimum atomic E-state index is -1.36. The summed E-state index contributed by atoms with van der Waals surface area (Å²) in [6.07, 6.45) is 0.227. The van der Waals surface area contributed by atoms with Gasteiger partial charge in [0.2, 0.25) is 23.6 Å². The second-order valence-corrected chi connectivity index (χ2v) is 13.6. The molecule has 2 unspecified atom stereocenters. The minimum Gasteiger partial charge on any atom is -0.449 e. The van der Waals surface area contributed by atoms with Crippen LogP contribution < -0.4 is 27.0 Å². The summed E-state index contributed by atoms with van der Waals surface area (Å²) in [5, 5.41) is 10.7. The number of primary amides is 1. The van der Waals surface area contributed by atoms with E-state index in [1.807, 2.05) is 48.5 Å². The second kappa shape index (κ2) is 21.2. The van der Waals surface area contributed by atoms with Crippen LogP contribution in [0.1, 0.15) is 62.1 Å². The molecule has 3 aromatic rings. The van der Waals surface area contributed by atoms with Gasteiger partial charge in [-0.3, -0.25) is 19.2 Å². The molecule has 3 aromatic carbocycles. The van der Waals surface area contributed by atoms with Crippen LogP contribution in [0.3, 0.4) is 0 Å². The first-order valence-electron chi connectivity index (χ1n) is 18.9. The Morgan fingerprint density at radius 1 is 0.911 bits per heavy atom. The fourth-order valence-corrected chi connectivity index (χ4v) is 6.49. The number of hydrogen-bond donors (Lipinski definition) is 5. The fraction of sp³-hybridized carbons (Fsp3) is 0.415. The maximum Gasteiger partial charge on any atom is 0.409 e. The SMILES string of the molecule is CCC.CNCCN(C)C(=O)OCc1ccc(NC(=O)CNC(=O)C2CCCN2C(=O)C(CC(N)=O)NC(=O)OCC2c3ccccc3-c3ccccc32)cc1. The number of fused-ring (bicyclic) bond motifs is 3. The Morgan fingerprint density at radius 3 is 2.14 bits per heavy atom. The predicted octanol–water partition coefficient (Wildman–Crippen LogP) is 3.72. The molecule has 1 fully saturated rings. The maximum absolute atomic E-state index is 13.6. The van der Waals surface area contributed by atoms with Crippen molar-refractivity contribution in [3.8, 4) is 11.1 Å². The van der Waals surface area contributed by atoms with Gasteiger partial charge in [0.1, 0.15) is 25.3 Å². The zero-order chi connectivity index (χ0) is 40.6. The maximum atomic E-state index is 13.6. The van der Waals surface area contributed by atoms with Gasteiger partial charge in [0.15, 0.2) is 0 Å². The van der Waals surface area contributed by atoms with Gasteiger partial charge in [0, 0.05) is 38.3 Å². The largest absolute Gasteiger partial charge is 0.449 e. The number of nitrogens with zero attached hydrogens (tertiary/aromatic N) is 2. The topological polar surface area (TPSA) is 202 Å². The van der Waals surface area contributed by atoms with Crippen LogP contribution in [0.15, 0.2) is 72.8 Å². The van der Waals surface area contributed by atoms with E-state index in [1.165, 1.54) is 16.2 Å². The number of likely N-dealkylation sites (tertiary alicyclic amines) is 1. The zero-order valence-corrected chi connectivity index (χ0v) is 32.5. The highest BCUT2D eigenvalue weighted by atomic mass is 16.6. The first-order valence-corrected chi connectivity index (χ1v) is 18.9. The van der Waals surface area contributed by atoms with Gasteiger partial charge in [0.25, 0.3) is 0 Å². The molecule has 0 bridgehead atoms. The van der Waals surface area contributed by atoms with Crippen molar-refractivity contribution in [3.63, 3.8) is 0 Å². The van der Waals surface area contributed by atoms with Crippen LogP contribution in [0.25, 0.3) is 11.1 Å². The van der Waals surface area contributed by atoms with E-state index in [0.717, 1.165) is 27.8 Å². The number of amides is 6. The Balaban J connectivity index is 0.00000225. The molecule has 1 aliphatic heterocycles. The van der Waals surface area contributed by atoms with Crippen molar-refractivity contribution in [1.29, 1.82) is 0 Å². The van der Waals surface area contributed by atoms with Gasteiger partial charge in [-0.25, -0.2) is 9.59 Å². The Kier molecular flexibility index (Phi) is 16.2. The molecule has 0 aromatic heterocycles. The highest BCUT2D eigenvalue weighted by Crippen LogP contribution is 2.44. The standard InChI is InChI=1S/C38H45N7O8.C3H8/c1-40-17-19-44(2)38(51)53-22-24-13-15-25(16-14-24)42-34(47)21-41-35(48)32-12-7-18-45(32)36(49)31(20-33(39)46)43-37(50)52-23-30-28-10-5-3-8-26(28)27-9-4-6-11-29(27)30;1-3-2/h3-6,8-11,13-16,30-32,40H,7,12,17-23H2,1-2H3,(H2,39,46)(H,41,48)(H,42,47)(H,43,50);3H2,1-2H3. The zero-order valence-electron chi connectivity index (χ0n) is 32.5. The summed E-state index contributed by atoms with van der Waals surface area (Å²) in [5.74, 6) is -2.74. The van der Waals surface area contributed by atoms with Crippen LogP contribution in [0.2, 0.25) is 0 Å². The van der Waals surface area contributed by atoms with Crippen molar-refractivity contribution in [3.05, 3.63) is 89.5 Å². The van der Waals surface area contributed by atoms with Crippen LogP contribution in [0.5, 0.6) is 0 Å². The molecule has 15 nitrogen and oxygen atoms in total. The molecule has 0 spiro atoms. The lowest BCUT2D eigenvalue weighted by molar-refractivity contribution is -0.141. The Bertz CT molecular complexity index is 1790. The summed E-state index contributed by atoms with van der Waals surface area (Å²) in [4.78, 5) is 79.3. The number of anilines is 1. The lowest BCUT2D eigenvalue weighted by atomic mass is 9.98. The lowest BCUT2D eigenvalue weighted by Crippen LogP contribution is -2.55. The van der Waals surface area contributed by atoms with E-state index in [9.17, 15) is 28.8 Å². The van der Waals surface area contributed by atoms with Crippen molar-refractivity contribution >= 4 is 41.5 Å². The number of benzene rings is 3. The summed E-state index contributed by atoms with van der Waals surface area (Å²) in [6, 6.07) is 20.2. The summed E-state index contributed by atoms with van der Waals surface area (Å²) in [5.41, 5.74) is 10.8. The highest BCUT2D eigenvalue weighted by Gasteiger charge is 2.39. The van der Waals surface area contributed by atoms with Crippen LogP contribution in [-0.2, 0) is 35.3 Å². The quantitative estimate of drug-likeness (QED) is 0.153. The molecule has 6 N–H and O–H groups in total. The number of carbonyl (C=O) groups is 6. The minimum absolute atomic E-state index is 0.00296. The van der Waals surface area contributed by atoms with E-state index in [1.54, 1.807) is 38.4 Å². The van der Waals surface area contributed by atoms with E-state index in [-0.39, 0.29) is 32.2 Å².